The number of carbonyl (C=O) groups excluding carboxylic acids is 5. The third-order valence-corrected chi connectivity index (χ3v) is 14.8. The summed E-state index contributed by atoms with van der Waals surface area (Å²) in [6, 6.07) is 54.2. The molecule has 0 unspecified atom stereocenters. The highest BCUT2D eigenvalue weighted by atomic mass is 16.7. The number of fused-ring (bicyclic) bond motifs is 2. The van der Waals surface area contributed by atoms with Crippen LogP contribution < -0.4 is 9.47 Å². The van der Waals surface area contributed by atoms with E-state index in [4.69, 9.17) is 47.4 Å². The van der Waals surface area contributed by atoms with Crippen LogP contribution in [0.15, 0.2) is 194 Å². The van der Waals surface area contributed by atoms with E-state index in [0.717, 1.165) is 32.1 Å². The fourth-order valence-corrected chi connectivity index (χ4v) is 10.8. The van der Waals surface area contributed by atoms with Gasteiger partial charge in [0.1, 0.15) is 60.7 Å². The van der Waals surface area contributed by atoms with E-state index >= 15 is 9.59 Å². The van der Waals surface area contributed by atoms with Crippen molar-refractivity contribution in [3.8, 4) is 11.5 Å². The van der Waals surface area contributed by atoms with Crippen molar-refractivity contribution in [1.29, 1.82) is 0 Å². The first-order valence-corrected chi connectivity index (χ1v) is 27.1. The Kier molecular flexibility index (Phi) is 17.3. The van der Waals surface area contributed by atoms with E-state index in [1.54, 1.807) is 79.9 Å². The molecule has 7 aromatic rings. The fraction of sp³-hybridized carbons (Fsp3) is 0.277. The number of carbonyl (C=O) groups is 5. The average molecular weight is 1110 g/mol. The molecule has 0 radical (unpaired) electrons. The molecule has 0 bridgehead atoms. The Morgan fingerprint density at radius 1 is 0.427 bits per heavy atom. The molecule has 0 aromatic heterocycles. The number of hydrogen-bond acceptors (Lipinski definition) is 15. The van der Waals surface area contributed by atoms with Gasteiger partial charge in [0.15, 0.2) is 18.7 Å². The summed E-state index contributed by atoms with van der Waals surface area (Å²) >= 11 is 0. The van der Waals surface area contributed by atoms with Crippen LogP contribution in [0.5, 0.6) is 11.5 Å². The molecule has 2 saturated heterocycles. The van der Waals surface area contributed by atoms with Gasteiger partial charge in [-0.1, -0.05) is 146 Å². The Balaban J connectivity index is 1.07. The molecule has 420 valence electrons. The number of methoxy groups -OCH3 is 1. The van der Waals surface area contributed by atoms with Gasteiger partial charge in [0.25, 0.3) is 23.6 Å². The molecule has 2 fully saturated rings. The van der Waals surface area contributed by atoms with Gasteiger partial charge in [0.05, 0.1) is 62.4 Å². The van der Waals surface area contributed by atoms with E-state index < -0.39 is 90.9 Å². The van der Waals surface area contributed by atoms with Crippen molar-refractivity contribution in [2.24, 2.45) is 0 Å². The maximum Gasteiger partial charge on any atom is 0.303 e. The smallest absolute Gasteiger partial charge is 0.303 e. The molecule has 0 spiro atoms. The van der Waals surface area contributed by atoms with Gasteiger partial charge in [-0.25, -0.2) is 0 Å². The maximum absolute atomic E-state index is 15.1. The van der Waals surface area contributed by atoms with Crippen molar-refractivity contribution < 1.29 is 71.3 Å². The minimum absolute atomic E-state index is 0.0235. The first kappa shape index (κ1) is 55.5. The van der Waals surface area contributed by atoms with Crippen LogP contribution in [0, 0.1) is 0 Å². The highest BCUT2D eigenvalue weighted by molar-refractivity contribution is 6.22. The number of imide groups is 2. The minimum atomic E-state index is -1.69. The topological polar surface area (TPSA) is 184 Å². The Labute approximate surface area is 474 Å². The molecule has 0 aliphatic carbocycles. The average Bonchev–Trinajstić information content (AvgIpc) is 4.05. The molecule has 82 heavy (non-hydrogen) atoms. The van der Waals surface area contributed by atoms with Crippen molar-refractivity contribution in [3.63, 3.8) is 0 Å². The molecular formula is C65H60N2O15. The molecule has 4 aliphatic rings. The molecule has 11 rings (SSSR count). The molecule has 0 N–H and O–H groups in total. The zero-order valence-electron chi connectivity index (χ0n) is 45.0. The molecule has 4 aliphatic heterocycles. The fourth-order valence-electron chi connectivity index (χ4n) is 10.8. The van der Waals surface area contributed by atoms with Gasteiger partial charge in [-0.15, -0.1) is 0 Å². The lowest BCUT2D eigenvalue weighted by Crippen LogP contribution is -2.71. The third kappa shape index (κ3) is 12.1. The second-order valence-electron chi connectivity index (χ2n) is 20.1. The van der Waals surface area contributed by atoms with Crippen molar-refractivity contribution in [2.75, 3.05) is 20.3 Å². The highest BCUT2D eigenvalue weighted by Crippen LogP contribution is 2.41. The predicted molar refractivity (Wildman–Crippen MR) is 295 cm³/mol. The van der Waals surface area contributed by atoms with Gasteiger partial charge in [0.2, 0.25) is 0 Å². The zero-order chi connectivity index (χ0) is 56.5. The van der Waals surface area contributed by atoms with E-state index in [1.807, 2.05) is 121 Å². The quantitative estimate of drug-likeness (QED) is 0.0463. The molecule has 4 heterocycles. The Bertz CT molecular complexity index is 3260. The molecular weight excluding hydrogens is 1050 g/mol. The lowest BCUT2D eigenvalue weighted by atomic mass is 9.92. The lowest BCUT2D eigenvalue weighted by Gasteiger charge is -2.52. The predicted octanol–water partition coefficient (Wildman–Crippen LogP) is 8.77. The standard InChI is InChI=1S/C65H60N2O15/c1-41(68)79-56-52(39-74-35-42-19-7-3-8-20-42)81-65(55(59(56)77-37-44-23-11-5-12-24-44)67-62(71)50-29-17-18-30-51(50)63(67)72)82-57-53(40-75-47-33-31-46(73-2)32-34-47)80-64(78-38-45-25-13-6-14-26-45)54(58(57)76-36-43-21-9-4-10-22-43)66-60(69)48-27-15-16-28-49(48)61(66)70/h3-34,52-59,64-65H,35-40H2,1-2H3/t52-,53-,54-,55-,56-,57-,58-,59-,64-,65+/m1/s1. The van der Waals surface area contributed by atoms with Crippen LogP contribution >= 0.6 is 0 Å². The molecule has 0 saturated carbocycles. The SMILES string of the molecule is COc1ccc(OC[C@H]2O[C@@H](OCc3ccccc3)[C@H](N3C(=O)c4ccccc4C3=O)[C@@H](OCc3ccccc3)[C@@H]2O[C@@H]2O[C@H](COCc3ccccc3)[C@@H](OC(C)=O)[C@H](OCc3ccccc3)[C@H]2N2C(=O)c3ccccc3C2=O)cc1. The van der Waals surface area contributed by atoms with Crippen LogP contribution in [-0.2, 0) is 69.1 Å². The minimum Gasteiger partial charge on any atom is -0.497 e. The first-order chi connectivity index (χ1) is 40.1. The number of esters is 1. The van der Waals surface area contributed by atoms with Crippen molar-refractivity contribution in [3.05, 3.63) is 239 Å². The van der Waals surface area contributed by atoms with E-state index in [1.165, 1.54) is 6.92 Å². The summed E-state index contributed by atoms with van der Waals surface area (Å²) in [5, 5.41) is 0. The van der Waals surface area contributed by atoms with Crippen LogP contribution in [0.1, 0.15) is 70.6 Å². The Morgan fingerprint density at radius 3 is 1.26 bits per heavy atom. The maximum atomic E-state index is 15.1. The summed E-state index contributed by atoms with van der Waals surface area (Å²) in [6.07, 6.45) is -11.0. The van der Waals surface area contributed by atoms with E-state index in [-0.39, 0.29) is 61.9 Å². The number of hydrogen-bond donors (Lipinski definition) is 0. The monoisotopic (exact) mass is 1110 g/mol. The van der Waals surface area contributed by atoms with Crippen LogP contribution in [-0.4, -0.2) is 121 Å². The van der Waals surface area contributed by atoms with Crippen molar-refractivity contribution in [1.82, 2.24) is 9.80 Å². The molecule has 10 atom stereocenters. The Hall–Kier alpha value is -8.39. The first-order valence-electron chi connectivity index (χ1n) is 27.1. The number of nitrogens with zero attached hydrogens (tertiary/aromatic N) is 2. The molecule has 17 heteroatoms. The van der Waals surface area contributed by atoms with Gasteiger partial charge in [-0.3, -0.25) is 33.8 Å². The van der Waals surface area contributed by atoms with Crippen LogP contribution in [0.2, 0.25) is 0 Å². The van der Waals surface area contributed by atoms with Gasteiger partial charge in [-0.05, 0) is 70.8 Å². The highest BCUT2D eigenvalue weighted by Gasteiger charge is 2.61. The van der Waals surface area contributed by atoms with Gasteiger partial charge in [-0.2, -0.15) is 0 Å². The van der Waals surface area contributed by atoms with Crippen molar-refractivity contribution >= 4 is 29.6 Å². The lowest BCUT2D eigenvalue weighted by molar-refractivity contribution is -0.349. The normalized spacial score (nSPS) is 24.0. The van der Waals surface area contributed by atoms with Crippen LogP contribution in [0.25, 0.3) is 0 Å². The number of ether oxygens (including phenoxy) is 10. The summed E-state index contributed by atoms with van der Waals surface area (Å²) in [6.45, 7) is 0.710. The molecule has 17 nitrogen and oxygen atoms in total. The summed E-state index contributed by atoms with van der Waals surface area (Å²) in [5.41, 5.74) is 3.62. The second-order valence-corrected chi connectivity index (χ2v) is 20.1. The van der Waals surface area contributed by atoms with Gasteiger partial charge in [0, 0.05) is 6.92 Å². The third-order valence-electron chi connectivity index (χ3n) is 14.8. The summed E-state index contributed by atoms with van der Waals surface area (Å²) < 4.78 is 66.9. The second kappa shape index (κ2) is 25.6. The number of benzene rings is 7. The van der Waals surface area contributed by atoms with E-state index in [0.29, 0.717) is 11.5 Å². The number of amides is 4. The summed E-state index contributed by atoms with van der Waals surface area (Å²) in [5.74, 6) is -2.34. The molecule has 4 amide bonds. The van der Waals surface area contributed by atoms with Crippen LogP contribution in [0.4, 0.5) is 0 Å². The molecule has 7 aromatic carbocycles. The Morgan fingerprint density at radius 2 is 0.805 bits per heavy atom. The van der Waals surface area contributed by atoms with Gasteiger partial charge < -0.3 is 47.4 Å². The van der Waals surface area contributed by atoms with Gasteiger partial charge >= 0.3 is 5.97 Å². The summed E-state index contributed by atoms with van der Waals surface area (Å²) in [7, 11) is 1.55. The summed E-state index contributed by atoms with van der Waals surface area (Å²) in [4.78, 5) is 75.6. The van der Waals surface area contributed by atoms with E-state index in [9.17, 15) is 14.4 Å². The number of rotatable bonds is 22. The largest absolute Gasteiger partial charge is 0.497 e. The zero-order valence-corrected chi connectivity index (χ0v) is 45.0. The van der Waals surface area contributed by atoms with Crippen molar-refractivity contribution in [2.45, 2.75) is 94.6 Å². The van der Waals surface area contributed by atoms with Crippen LogP contribution in [0.3, 0.4) is 0 Å². The van der Waals surface area contributed by atoms with E-state index in [2.05, 4.69) is 0 Å².